The van der Waals surface area contributed by atoms with Crippen LogP contribution in [-0.4, -0.2) is 36.8 Å². The van der Waals surface area contributed by atoms with Crippen molar-refractivity contribution in [2.24, 2.45) is 0 Å². The quantitative estimate of drug-likeness (QED) is 0.413. The van der Waals surface area contributed by atoms with Gasteiger partial charge in [-0.05, 0) is 61.0 Å². The molecule has 0 radical (unpaired) electrons. The summed E-state index contributed by atoms with van der Waals surface area (Å²) in [6, 6.07) is 20.4. The predicted octanol–water partition coefficient (Wildman–Crippen LogP) is 4.99. The van der Waals surface area contributed by atoms with Crippen molar-refractivity contribution in [3.05, 3.63) is 83.6 Å². The molecule has 1 amide bonds. The van der Waals surface area contributed by atoms with Gasteiger partial charge in [0.1, 0.15) is 5.75 Å². The van der Waals surface area contributed by atoms with Gasteiger partial charge < -0.3 is 24.8 Å². The van der Waals surface area contributed by atoms with E-state index in [1.807, 2.05) is 78.2 Å². The molecule has 8 heteroatoms. The molecule has 178 valence electrons. The number of amides is 1. The lowest BCUT2D eigenvalue weighted by atomic mass is 9.94. The highest BCUT2D eigenvalue weighted by Gasteiger charge is 2.34. The molecule has 0 fully saturated rings. The maximum atomic E-state index is 13.7. The number of methoxy groups -OCH3 is 3. The summed E-state index contributed by atoms with van der Waals surface area (Å²) >= 11 is 0. The largest absolute Gasteiger partial charge is 0.497 e. The van der Waals surface area contributed by atoms with Crippen molar-refractivity contribution in [2.45, 2.75) is 13.0 Å². The number of fused-ring (bicyclic) bond motifs is 3. The third-order valence-electron chi connectivity index (χ3n) is 6.15. The molecule has 1 aliphatic rings. The zero-order valence-electron chi connectivity index (χ0n) is 20.0. The highest BCUT2D eigenvalue weighted by Crippen LogP contribution is 2.41. The van der Waals surface area contributed by atoms with E-state index >= 15 is 0 Å². The average molecular weight is 471 g/mol. The Morgan fingerprint density at radius 1 is 0.943 bits per heavy atom. The minimum Gasteiger partial charge on any atom is -0.497 e. The highest BCUT2D eigenvalue weighted by molar-refractivity contribution is 6.06. The molecule has 2 heterocycles. The number of ether oxygens (including phenoxy) is 3. The molecule has 0 spiro atoms. The second-order valence-electron chi connectivity index (χ2n) is 8.16. The molecule has 1 aliphatic heterocycles. The van der Waals surface area contributed by atoms with Crippen molar-refractivity contribution in [1.29, 1.82) is 0 Å². The fourth-order valence-electron chi connectivity index (χ4n) is 4.47. The van der Waals surface area contributed by atoms with Crippen LogP contribution in [0.25, 0.3) is 11.0 Å². The SMILES string of the molecule is COc1ccc(NC(=O)C2=C(C)Nc3nc4ccccc4n3C2c2ccc(OC)c(OC)c2)cc1. The van der Waals surface area contributed by atoms with Crippen LogP contribution in [0, 0.1) is 0 Å². The van der Waals surface area contributed by atoms with E-state index in [1.54, 1.807) is 21.3 Å². The van der Waals surface area contributed by atoms with Crippen LogP contribution in [-0.2, 0) is 4.79 Å². The number of allylic oxidation sites excluding steroid dienone is 1. The number of nitrogens with one attached hydrogen (secondary N) is 2. The molecule has 4 aromatic rings. The van der Waals surface area contributed by atoms with Crippen LogP contribution >= 0.6 is 0 Å². The summed E-state index contributed by atoms with van der Waals surface area (Å²) in [4.78, 5) is 18.5. The number of carbonyl (C=O) groups excluding carboxylic acids is 1. The van der Waals surface area contributed by atoms with E-state index in [2.05, 4.69) is 10.6 Å². The van der Waals surface area contributed by atoms with Gasteiger partial charge in [0, 0.05) is 11.4 Å². The van der Waals surface area contributed by atoms with Crippen LogP contribution in [0.4, 0.5) is 11.6 Å². The average Bonchev–Trinajstić information content (AvgIpc) is 3.25. The smallest absolute Gasteiger partial charge is 0.255 e. The van der Waals surface area contributed by atoms with Gasteiger partial charge in [0.15, 0.2) is 11.5 Å². The summed E-state index contributed by atoms with van der Waals surface area (Å²) in [5.41, 5.74) is 4.58. The van der Waals surface area contributed by atoms with Crippen LogP contribution in [0.5, 0.6) is 17.2 Å². The van der Waals surface area contributed by atoms with Crippen molar-refractivity contribution >= 4 is 28.6 Å². The number of aromatic nitrogens is 2. The summed E-state index contributed by atoms with van der Waals surface area (Å²) < 4.78 is 18.3. The molecule has 1 aromatic heterocycles. The minimum atomic E-state index is -0.447. The molecule has 2 N–H and O–H groups in total. The van der Waals surface area contributed by atoms with Crippen molar-refractivity contribution in [3.8, 4) is 17.2 Å². The molecule has 0 bridgehead atoms. The van der Waals surface area contributed by atoms with Gasteiger partial charge in [-0.25, -0.2) is 4.98 Å². The monoisotopic (exact) mass is 470 g/mol. The van der Waals surface area contributed by atoms with E-state index in [1.165, 1.54) is 0 Å². The molecular weight excluding hydrogens is 444 g/mol. The van der Waals surface area contributed by atoms with E-state index in [0.717, 1.165) is 28.0 Å². The predicted molar refractivity (Wildman–Crippen MR) is 135 cm³/mol. The number of imidazole rings is 1. The number of anilines is 2. The molecule has 1 unspecified atom stereocenters. The number of hydrogen-bond donors (Lipinski definition) is 2. The molecule has 5 rings (SSSR count). The first-order valence-corrected chi connectivity index (χ1v) is 11.2. The Balaban J connectivity index is 1.65. The van der Waals surface area contributed by atoms with E-state index < -0.39 is 6.04 Å². The fourth-order valence-corrected chi connectivity index (χ4v) is 4.47. The van der Waals surface area contributed by atoms with Crippen LogP contribution < -0.4 is 24.8 Å². The number of para-hydroxylation sites is 2. The van der Waals surface area contributed by atoms with Gasteiger partial charge in [-0.3, -0.25) is 9.36 Å². The van der Waals surface area contributed by atoms with E-state index in [0.29, 0.717) is 28.7 Å². The Morgan fingerprint density at radius 2 is 1.69 bits per heavy atom. The van der Waals surface area contributed by atoms with Gasteiger partial charge in [-0.1, -0.05) is 18.2 Å². The Morgan fingerprint density at radius 3 is 2.40 bits per heavy atom. The van der Waals surface area contributed by atoms with Crippen molar-refractivity contribution in [2.75, 3.05) is 32.0 Å². The van der Waals surface area contributed by atoms with E-state index in [4.69, 9.17) is 19.2 Å². The van der Waals surface area contributed by atoms with E-state index in [9.17, 15) is 4.79 Å². The second-order valence-corrected chi connectivity index (χ2v) is 8.16. The van der Waals surface area contributed by atoms with Gasteiger partial charge in [0.05, 0.1) is 44.0 Å². The fraction of sp³-hybridized carbons (Fsp3) is 0.185. The lowest BCUT2D eigenvalue weighted by Gasteiger charge is -2.31. The van der Waals surface area contributed by atoms with Gasteiger partial charge in [0.2, 0.25) is 5.95 Å². The van der Waals surface area contributed by atoms with Gasteiger partial charge in [-0.15, -0.1) is 0 Å². The lowest BCUT2D eigenvalue weighted by Crippen LogP contribution is -2.31. The molecule has 1 atom stereocenters. The summed E-state index contributed by atoms with van der Waals surface area (Å²) in [6.07, 6.45) is 0. The first-order chi connectivity index (χ1) is 17.0. The first-order valence-electron chi connectivity index (χ1n) is 11.2. The number of nitrogens with zero attached hydrogens (tertiary/aromatic N) is 2. The highest BCUT2D eigenvalue weighted by atomic mass is 16.5. The molecule has 0 saturated carbocycles. The zero-order valence-corrected chi connectivity index (χ0v) is 20.0. The summed E-state index contributed by atoms with van der Waals surface area (Å²) in [5.74, 6) is 2.37. The van der Waals surface area contributed by atoms with Crippen LogP contribution in [0.2, 0.25) is 0 Å². The zero-order chi connectivity index (χ0) is 24.5. The minimum absolute atomic E-state index is 0.219. The third kappa shape index (κ3) is 3.93. The van der Waals surface area contributed by atoms with Gasteiger partial charge >= 0.3 is 0 Å². The molecular formula is C27H26N4O4. The second kappa shape index (κ2) is 9.06. The van der Waals surface area contributed by atoms with E-state index in [-0.39, 0.29) is 5.91 Å². The van der Waals surface area contributed by atoms with Gasteiger partial charge in [0.25, 0.3) is 5.91 Å². The molecule has 8 nitrogen and oxygen atoms in total. The molecule has 0 aliphatic carbocycles. The molecule has 3 aromatic carbocycles. The number of benzene rings is 3. The number of hydrogen-bond acceptors (Lipinski definition) is 6. The Labute approximate surface area is 203 Å². The summed E-state index contributed by atoms with van der Waals surface area (Å²) in [7, 11) is 4.80. The topological polar surface area (TPSA) is 86.6 Å². The molecule has 0 saturated heterocycles. The summed E-state index contributed by atoms with van der Waals surface area (Å²) in [6.45, 7) is 1.89. The normalized spacial score (nSPS) is 14.8. The third-order valence-corrected chi connectivity index (χ3v) is 6.15. The van der Waals surface area contributed by atoms with Gasteiger partial charge in [-0.2, -0.15) is 0 Å². The summed E-state index contributed by atoms with van der Waals surface area (Å²) in [5, 5.41) is 6.36. The maximum absolute atomic E-state index is 13.7. The standard InChI is InChI=1S/C27H26N4O4/c1-16-24(26(32)29-18-10-12-19(33-2)13-11-18)25(17-9-14-22(34-3)23(15-17)35-4)31-21-8-6-5-7-20(21)30-27(31)28-16/h5-15,25H,1-4H3,(H,28,30)(H,29,32). The van der Waals surface area contributed by atoms with Crippen molar-refractivity contribution in [1.82, 2.24) is 9.55 Å². The Hall–Kier alpha value is -4.46. The number of rotatable bonds is 6. The Bertz CT molecular complexity index is 1440. The van der Waals surface area contributed by atoms with Crippen LogP contribution in [0.1, 0.15) is 18.5 Å². The maximum Gasteiger partial charge on any atom is 0.255 e. The Kier molecular flexibility index (Phi) is 5.78. The lowest BCUT2D eigenvalue weighted by molar-refractivity contribution is -0.113. The first kappa shape index (κ1) is 22.3. The number of carbonyl (C=O) groups is 1. The van der Waals surface area contributed by atoms with Crippen molar-refractivity contribution in [3.63, 3.8) is 0 Å². The van der Waals surface area contributed by atoms with Crippen LogP contribution in [0.15, 0.2) is 78.0 Å². The molecule has 35 heavy (non-hydrogen) atoms. The van der Waals surface area contributed by atoms with Crippen LogP contribution in [0.3, 0.4) is 0 Å². The van der Waals surface area contributed by atoms with Crippen molar-refractivity contribution < 1.29 is 19.0 Å².